The lowest BCUT2D eigenvalue weighted by Crippen LogP contribution is -2.46. The lowest BCUT2D eigenvalue weighted by atomic mass is 9.86. The Hall–Kier alpha value is -1.28. The molecule has 0 heterocycles. The van der Waals surface area contributed by atoms with Crippen LogP contribution >= 0.6 is 0 Å². The smallest absolute Gasteiger partial charge is 0.0431 e. The average Bonchev–Trinajstić information content (AvgIpc) is 2.47. The van der Waals surface area contributed by atoms with E-state index in [0.29, 0.717) is 6.04 Å². The van der Waals surface area contributed by atoms with Crippen LogP contribution in [0.15, 0.2) is 36.5 Å². The van der Waals surface area contributed by atoms with Crippen LogP contribution in [0.25, 0.3) is 5.57 Å². The summed E-state index contributed by atoms with van der Waals surface area (Å²) in [6.07, 6.45) is 2.18. The van der Waals surface area contributed by atoms with Crippen LogP contribution in [0.3, 0.4) is 0 Å². The van der Waals surface area contributed by atoms with E-state index in [-0.39, 0.29) is 5.41 Å². The van der Waals surface area contributed by atoms with Gasteiger partial charge in [0.2, 0.25) is 0 Å². The maximum absolute atomic E-state index is 3.65. The minimum Gasteiger partial charge on any atom is -0.386 e. The van der Waals surface area contributed by atoms with Gasteiger partial charge < -0.3 is 10.2 Å². The monoisotopic (exact) mass is 288 g/mol. The van der Waals surface area contributed by atoms with Gasteiger partial charge in [0.05, 0.1) is 0 Å². The predicted molar refractivity (Wildman–Crippen MR) is 94.3 cm³/mol. The Morgan fingerprint density at radius 1 is 1.14 bits per heavy atom. The highest BCUT2D eigenvalue weighted by molar-refractivity contribution is 5.63. The number of hydrogen-bond donors (Lipinski definition) is 1. The molecule has 2 nitrogen and oxygen atoms in total. The van der Waals surface area contributed by atoms with E-state index in [2.05, 4.69) is 88.3 Å². The molecule has 1 atom stereocenters. The molecule has 0 amide bonds. The molecule has 0 fully saturated rings. The van der Waals surface area contributed by atoms with Gasteiger partial charge in [-0.2, -0.15) is 0 Å². The van der Waals surface area contributed by atoms with E-state index in [1.807, 2.05) is 0 Å². The fourth-order valence-electron chi connectivity index (χ4n) is 2.33. The van der Waals surface area contributed by atoms with Crippen molar-refractivity contribution in [1.82, 2.24) is 10.2 Å². The second-order valence-electron chi connectivity index (χ2n) is 6.76. The largest absolute Gasteiger partial charge is 0.386 e. The number of nitrogens with zero attached hydrogens (tertiary/aromatic N) is 1. The van der Waals surface area contributed by atoms with Crippen molar-refractivity contribution in [3.63, 3.8) is 0 Å². The first-order valence-corrected chi connectivity index (χ1v) is 8.09. The highest BCUT2D eigenvalue weighted by atomic mass is 15.1. The Kier molecular flexibility index (Phi) is 6.97. The molecule has 1 N–H and O–H groups in total. The van der Waals surface area contributed by atoms with Crippen molar-refractivity contribution in [3.05, 3.63) is 42.1 Å². The summed E-state index contributed by atoms with van der Waals surface area (Å²) in [6.45, 7) is 16.8. The van der Waals surface area contributed by atoms with Crippen molar-refractivity contribution < 1.29 is 0 Å². The zero-order valence-corrected chi connectivity index (χ0v) is 14.6. The van der Waals surface area contributed by atoms with Gasteiger partial charge in [0.1, 0.15) is 0 Å². The van der Waals surface area contributed by atoms with Crippen LogP contribution in [0.2, 0.25) is 0 Å². The highest BCUT2D eigenvalue weighted by Gasteiger charge is 2.25. The van der Waals surface area contributed by atoms with Crippen molar-refractivity contribution in [2.45, 2.75) is 47.6 Å². The molecule has 118 valence electrons. The van der Waals surface area contributed by atoms with E-state index in [1.165, 1.54) is 11.1 Å². The molecule has 0 bridgehead atoms. The zero-order chi connectivity index (χ0) is 15.9. The van der Waals surface area contributed by atoms with Crippen LogP contribution in [-0.2, 0) is 0 Å². The Morgan fingerprint density at radius 2 is 1.71 bits per heavy atom. The number of rotatable bonds is 7. The Balaban J connectivity index is 2.78. The third-order valence-corrected chi connectivity index (χ3v) is 4.11. The Morgan fingerprint density at radius 3 is 2.19 bits per heavy atom. The standard InChI is InChI=1S/C19H32N2/c1-7-21(8-2)15-18(19(4,5)6)20-14-16(3)17-12-10-9-11-13-17/h9-14,18,20H,7-8,15H2,1-6H3/b16-14+/t18-/m1/s1. The predicted octanol–water partition coefficient (Wildman–Crippen LogP) is 4.39. The summed E-state index contributed by atoms with van der Waals surface area (Å²) in [7, 11) is 0. The van der Waals surface area contributed by atoms with E-state index in [0.717, 1.165) is 19.6 Å². The third-order valence-electron chi connectivity index (χ3n) is 4.11. The Bertz CT molecular complexity index is 425. The van der Waals surface area contributed by atoms with Gasteiger partial charge in [-0.05, 0) is 36.6 Å². The first-order chi connectivity index (χ1) is 9.88. The second kappa shape index (κ2) is 8.23. The highest BCUT2D eigenvalue weighted by Crippen LogP contribution is 2.21. The van der Waals surface area contributed by atoms with Gasteiger partial charge in [0, 0.05) is 18.8 Å². The fraction of sp³-hybridized carbons (Fsp3) is 0.579. The number of nitrogens with one attached hydrogen (secondary N) is 1. The van der Waals surface area contributed by atoms with Crippen molar-refractivity contribution >= 4 is 5.57 Å². The first-order valence-electron chi connectivity index (χ1n) is 8.09. The van der Waals surface area contributed by atoms with Gasteiger partial charge >= 0.3 is 0 Å². The fourth-order valence-corrected chi connectivity index (χ4v) is 2.33. The van der Waals surface area contributed by atoms with Crippen LogP contribution in [-0.4, -0.2) is 30.6 Å². The third kappa shape index (κ3) is 5.92. The minimum atomic E-state index is 0.232. The number of allylic oxidation sites excluding steroid dienone is 1. The summed E-state index contributed by atoms with van der Waals surface area (Å²) < 4.78 is 0. The van der Waals surface area contributed by atoms with Gasteiger partial charge in [-0.15, -0.1) is 0 Å². The molecule has 1 aromatic carbocycles. The SMILES string of the molecule is CCN(CC)C[C@@H](N/C=C(\C)c1ccccc1)C(C)(C)C. The van der Waals surface area contributed by atoms with E-state index in [4.69, 9.17) is 0 Å². The molecular weight excluding hydrogens is 256 g/mol. The summed E-state index contributed by atoms with van der Waals surface area (Å²) in [5, 5.41) is 3.65. The number of hydrogen-bond acceptors (Lipinski definition) is 2. The molecule has 1 rings (SSSR count). The normalized spacial score (nSPS) is 14.3. The molecule has 0 aliphatic heterocycles. The van der Waals surface area contributed by atoms with Gasteiger partial charge in [0.15, 0.2) is 0 Å². The van der Waals surface area contributed by atoms with Crippen molar-refractivity contribution in [2.75, 3.05) is 19.6 Å². The molecule has 0 saturated heterocycles. The molecule has 0 radical (unpaired) electrons. The lowest BCUT2D eigenvalue weighted by molar-refractivity contribution is 0.194. The van der Waals surface area contributed by atoms with E-state index >= 15 is 0 Å². The summed E-state index contributed by atoms with van der Waals surface area (Å²) in [5.41, 5.74) is 2.79. The maximum Gasteiger partial charge on any atom is 0.0431 e. The van der Waals surface area contributed by atoms with Crippen LogP contribution < -0.4 is 5.32 Å². The summed E-state index contributed by atoms with van der Waals surface area (Å²) in [5.74, 6) is 0. The quantitative estimate of drug-likeness (QED) is 0.800. The molecule has 0 unspecified atom stereocenters. The molecule has 1 aromatic rings. The number of likely N-dealkylation sites (N-methyl/N-ethyl adjacent to an activating group) is 1. The molecule has 0 aliphatic carbocycles. The van der Waals surface area contributed by atoms with Gasteiger partial charge in [-0.3, -0.25) is 0 Å². The zero-order valence-electron chi connectivity index (χ0n) is 14.6. The van der Waals surface area contributed by atoms with Crippen LogP contribution in [0.4, 0.5) is 0 Å². The van der Waals surface area contributed by atoms with Crippen LogP contribution in [0, 0.1) is 5.41 Å². The summed E-state index contributed by atoms with van der Waals surface area (Å²) in [6, 6.07) is 11.0. The van der Waals surface area contributed by atoms with Crippen molar-refractivity contribution in [1.29, 1.82) is 0 Å². The molecule has 0 spiro atoms. The molecule has 0 saturated carbocycles. The average molecular weight is 288 g/mol. The van der Waals surface area contributed by atoms with E-state index in [9.17, 15) is 0 Å². The van der Waals surface area contributed by atoms with Crippen LogP contribution in [0.5, 0.6) is 0 Å². The van der Waals surface area contributed by atoms with E-state index in [1.54, 1.807) is 0 Å². The molecular formula is C19H32N2. The van der Waals surface area contributed by atoms with Crippen molar-refractivity contribution in [3.8, 4) is 0 Å². The molecule has 0 aromatic heterocycles. The topological polar surface area (TPSA) is 15.3 Å². The van der Waals surface area contributed by atoms with Gasteiger partial charge in [-0.25, -0.2) is 0 Å². The lowest BCUT2D eigenvalue weighted by Gasteiger charge is -2.35. The van der Waals surface area contributed by atoms with Gasteiger partial charge in [-0.1, -0.05) is 65.0 Å². The maximum atomic E-state index is 3.65. The van der Waals surface area contributed by atoms with Gasteiger partial charge in [0.25, 0.3) is 0 Å². The number of benzene rings is 1. The van der Waals surface area contributed by atoms with E-state index < -0.39 is 0 Å². The summed E-state index contributed by atoms with van der Waals surface area (Å²) >= 11 is 0. The summed E-state index contributed by atoms with van der Waals surface area (Å²) in [4.78, 5) is 2.48. The second-order valence-corrected chi connectivity index (χ2v) is 6.76. The molecule has 2 heteroatoms. The van der Waals surface area contributed by atoms with Crippen LogP contribution in [0.1, 0.15) is 47.1 Å². The molecule has 21 heavy (non-hydrogen) atoms. The van der Waals surface area contributed by atoms with Crippen molar-refractivity contribution in [2.24, 2.45) is 5.41 Å². The Labute approximate surface area is 131 Å². The molecule has 0 aliphatic rings. The first kappa shape index (κ1) is 17.8. The minimum absolute atomic E-state index is 0.232.